The van der Waals surface area contributed by atoms with Gasteiger partial charge in [0.1, 0.15) is 0 Å². The number of hydrogen-bond acceptors (Lipinski definition) is 8. The third-order valence-corrected chi connectivity index (χ3v) is 14.7. The van der Waals surface area contributed by atoms with E-state index >= 15 is 0 Å². The van der Waals surface area contributed by atoms with Gasteiger partial charge in [-0.05, 0) is 175 Å². The molecule has 10 nitrogen and oxygen atoms in total. The summed E-state index contributed by atoms with van der Waals surface area (Å²) in [7, 11) is 0. The Bertz CT molecular complexity index is 2650. The van der Waals surface area contributed by atoms with Crippen LogP contribution in [0.2, 0.25) is 0 Å². The van der Waals surface area contributed by atoms with Gasteiger partial charge in [-0.15, -0.1) is 0 Å². The van der Waals surface area contributed by atoms with Crippen molar-refractivity contribution in [1.29, 1.82) is 0 Å². The number of nitrogens with one attached hydrogen (secondary N) is 3. The zero-order valence-corrected chi connectivity index (χ0v) is 41.6. The van der Waals surface area contributed by atoms with Gasteiger partial charge in [-0.2, -0.15) is 0 Å². The Balaban J connectivity index is 0.000000182. The second kappa shape index (κ2) is 24.7. The molecule has 1 aliphatic carbocycles. The number of aryl methyl sites for hydroxylation is 1. The first-order chi connectivity index (χ1) is 33.8. The second-order valence-electron chi connectivity index (χ2n) is 19.1. The van der Waals surface area contributed by atoms with E-state index in [-0.39, 0.29) is 18.7 Å². The highest BCUT2D eigenvalue weighted by atomic mass is 35.5. The van der Waals surface area contributed by atoms with E-state index in [9.17, 15) is 14.4 Å². The summed E-state index contributed by atoms with van der Waals surface area (Å²) in [5, 5.41) is 18.2. The van der Waals surface area contributed by atoms with Crippen LogP contribution < -0.4 is 27.4 Å². The SMILES string of the molecule is C1CCC2(CC1)CCNC2.Cc1ccc(-c2ccccc2)cc1N.Nc1ccc(-c2ccccc2)cc1NC(=O)c1ccc(C(=O)N2CCC3(CCNCC3)C2)cc1.O=C(Cl)c1ccc(C(O)Cl)cc1.[2HH]. The molecule has 2 amide bonds. The van der Waals surface area contributed by atoms with Crippen molar-refractivity contribution in [3.8, 4) is 22.3 Å². The van der Waals surface area contributed by atoms with Crippen molar-refractivity contribution in [2.75, 3.05) is 56.1 Å². The molecular formula is C58H68Cl2N6O4. The summed E-state index contributed by atoms with van der Waals surface area (Å²) >= 11 is 10.6. The standard InChI is InChI=1S/C28H30N4O2.C13H13N.C9H17N.C8H6Cl2O2.H2/c29-24-11-10-23(20-4-2-1-3-5-20)18-25(24)31-26(33)21-6-8-22(9-7-21)27(34)32-17-14-28(19-32)12-15-30-16-13-28;1-10-7-8-12(9-13(10)14)11-5-3-2-4-6-11;1-2-4-9(5-3-1)6-7-10-8-9;9-7(11)5-1-2-6(4-3-5)8(10)12;/h1-11,18,30H,12-17,19,29H2,(H,31,33);2-9H,14H2,1H3;10H,1-8H2;1-4,7,11H;1H/i;;;;1+1. The van der Waals surface area contributed by atoms with E-state index in [2.05, 4.69) is 40.2 Å². The zero-order valence-electron chi connectivity index (χ0n) is 40.1. The fourth-order valence-electron chi connectivity index (χ4n) is 9.84. The van der Waals surface area contributed by atoms with Gasteiger partial charge in [-0.25, -0.2) is 0 Å². The first kappa shape index (κ1) is 51.8. The quantitative estimate of drug-likeness (QED) is 0.0523. The molecule has 6 aromatic rings. The number of likely N-dealkylation sites (tertiary alicyclic amines) is 1. The van der Waals surface area contributed by atoms with Crippen LogP contribution in [0.15, 0.2) is 146 Å². The van der Waals surface area contributed by atoms with Crippen LogP contribution in [-0.4, -0.2) is 66.3 Å². The second-order valence-corrected chi connectivity index (χ2v) is 19.8. The van der Waals surface area contributed by atoms with Crippen LogP contribution in [0, 0.1) is 17.8 Å². The highest BCUT2D eigenvalue weighted by Gasteiger charge is 2.40. The Morgan fingerprint density at radius 3 is 1.76 bits per heavy atom. The van der Waals surface area contributed by atoms with E-state index < -0.39 is 10.8 Å². The predicted octanol–water partition coefficient (Wildman–Crippen LogP) is 12.1. The fourth-order valence-corrected chi connectivity index (χ4v) is 10.1. The third kappa shape index (κ3) is 14.1. The molecule has 6 aromatic carbocycles. The molecule has 0 bridgehead atoms. The Morgan fingerprint density at radius 2 is 1.19 bits per heavy atom. The number of nitrogen functional groups attached to an aromatic ring is 2. The molecule has 70 heavy (non-hydrogen) atoms. The molecule has 1 atom stereocenters. The van der Waals surface area contributed by atoms with Crippen LogP contribution in [0.1, 0.15) is 107 Å². The van der Waals surface area contributed by atoms with Gasteiger partial charge in [0, 0.05) is 43.4 Å². The van der Waals surface area contributed by atoms with Crippen LogP contribution in [0.25, 0.3) is 22.3 Å². The number of aliphatic hydroxyl groups excluding tert-OH is 1. The summed E-state index contributed by atoms with van der Waals surface area (Å²) in [6.45, 7) is 8.30. The van der Waals surface area contributed by atoms with Crippen molar-refractivity contribution < 1.29 is 20.9 Å². The number of anilines is 3. The number of alkyl halides is 1. The maximum atomic E-state index is 13.1. The highest BCUT2D eigenvalue weighted by Crippen LogP contribution is 2.41. The lowest BCUT2D eigenvalue weighted by atomic mass is 9.74. The minimum atomic E-state index is -1.04. The molecule has 8 N–H and O–H groups in total. The molecule has 0 aromatic heterocycles. The van der Waals surface area contributed by atoms with Crippen molar-refractivity contribution in [3.63, 3.8) is 0 Å². The minimum absolute atomic E-state index is 0. The summed E-state index contributed by atoms with van der Waals surface area (Å²) in [5.74, 6) is -0.215. The van der Waals surface area contributed by atoms with Gasteiger partial charge in [-0.3, -0.25) is 14.4 Å². The van der Waals surface area contributed by atoms with E-state index in [0.29, 0.717) is 33.6 Å². The van der Waals surface area contributed by atoms with E-state index in [1.54, 1.807) is 42.5 Å². The predicted molar refractivity (Wildman–Crippen MR) is 289 cm³/mol. The molecule has 2 spiro atoms. The van der Waals surface area contributed by atoms with Crippen molar-refractivity contribution >= 4 is 57.3 Å². The summed E-state index contributed by atoms with van der Waals surface area (Å²) < 4.78 is 0. The van der Waals surface area contributed by atoms with E-state index in [4.69, 9.17) is 39.8 Å². The van der Waals surface area contributed by atoms with Crippen molar-refractivity contribution in [2.45, 2.75) is 70.3 Å². The van der Waals surface area contributed by atoms with E-state index in [1.807, 2.05) is 78.6 Å². The number of halogens is 2. The van der Waals surface area contributed by atoms with Crippen LogP contribution in [0.4, 0.5) is 17.1 Å². The molecule has 1 saturated carbocycles. The molecule has 368 valence electrons. The van der Waals surface area contributed by atoms with Crippen LogP contribution in [0.5, 0.6) is 0 Å². The fraction of sp³-hybridized carbons (Fsp3) is 0.328. The van der Waals surface area contributed by atoms with Gasteiger partial charge in [-0.1, -0.05) is 122 Å². The van der Waals surface area contributed by atoms with Gasteiger partial charge in [0.05, 0.1) is 11.4 Å². The lowest BCUT2D eigenvalue weighted by Crippen LogP contribution is -2.39. The monoisotopic (exact) mass is 983 g/mol. The molecule has 1 unspecified atom stereocenters. The lowest BCUT2D eigenvalue weighted by Gasteiger charge is -2.33. The average molecular weight is 985 g/mol. The summed E-state index contributed by atoms with van der Waals surface area (Å²) in [5.41, 5.74) is 21.5. The molecule has 4 fully saturated rings. The molecular weight excluding hydrogens is 916 g/mol. The van der Waals surface area contributed by atoms with Crippen LogP contribution in [-0.2, 0) is 0 Å². The molecule has 3 aliphatic heterocycles. The number of piperidine rings is 1. The number of aliphatic hydroxyl groups is 1. The molecule has 10 rings (SSSR count). The maximum absolute atomic E-state index is 13.1. The Kier molecular flexibility index (Phi) is 18.3. The molecule has 3 heterocycles. The molecule has 4 aliphatic rings. The first-order valence-corrected chi connectivity index (χ1v) is 25.2. The number of hydrogen-bond donors (Lipinski definition) is 6. The first-order valence-electron chi connectivity index (χ1n) is 24.4. The summed E-state index contributed by atoms with van der Waals surface area (Å²) in [6.07, 6.45) is 12.2. The van der Waals surface area contributed by atoms with E-state index in [1.165, 1.54) is 74.9 Å². The lowest BCUT2D eigenvalue weighted by molar-refractivity contribution is 0.0761. The number of benzene rings is 6. The van der Waals surface area contributed by atoms with Gasteiger partial charge >= 0.3 is 0 Å². The Morgan fingerprint density at radius 1 is 0.629 bits per heavy atom. The minimum Gasteiger partial charge on any atom is -0.398 e. The average Bonchev–Trinajstić information content (AvgIpc) is 4.03. The zero-order chi connectivity index (χ0) is 49.5. The normalized spacial score (nSPS) is 16.9. The smallest absolute Gasteiger partial charge is 0.255 e. The van der Waals surface area contributed by atoms with Gasteiger partial charge < -0.3 is 37.4 Å². The maximum Gasteiger partial charge on any atom is 0.255 e. The van der Waals surface area contributed by atoms with Gasteiger partial charge in [0.25, 0.3) is 17.1 Å². The number of rotatable bonds is 7. The Hall–Kier alpha value is -6.01. The number of nitrogens with two attached hydrogens (primary N) is 2. The van der Waals surface area contributed by atoms with Crippen molar-refractivity contribution in [2.24, 2.45) is 10.8 Å². The number of carbonyl (C=O) groups excluding carboxylic acids is 3. The van der Waals surface area contributed by atoms with Crippen molar-refractivity contribution in [1.82, 2.24) is 15.5 Å². The molecule has 0 radical (unpaired) electrons. The topological polar surface area (TPSA) is 163 Å². The number of carbonyl (C=O) groups is 3. The van der Waals surface area contributed by atoms with Gasteiger partial charge in [0.2, 0.25) is 0 Å². The van der Waals surface area contributed by atoms with Crippen LogP contribution >= 0.6 is 23.2 Å². The van der Waals surface area contributed by atoms with Crippen LogP contribution in [0.3, 0.4) is 0 Å². The number of nitrogens with zero attached hydrogens (tertiary/aromatic N) is 1. The highest BCUT2D eigenvalue weighted by molar-refractivity contribution is 6.67. The van der Waals surface area contributed by atoms with E-state index in [0.717, 1.165) is 73.2 Å². The summed E-state index contributed by atoms with van der Waals surface area (Å²) in [6, 6.07) is 45.0. The van der Waals surface area contributed by atoms with Gasteiger partial charge in [0.15, 0.2) is 5.56 Å². The Labute approximate surface area is 424 Å². The van der Waals surface area contributed by atoms with Crippen molar-refractivity contribution in [3.05, 3.63) is 173 Å². The largest absolute Gasteiger partial charge is 0.398 e. The third-order valence-electron chi connectivity index (χ3n) is 14.2. The molecule has 3 saturated heterocycles. The number of amides is 2. The summed E-state index contributed by atoms with van der Waals surface area (Å²) in [4.78, 5) is 38.5. The molecule has 12 heteroatoms.